The number of rotatable bonds is 6. The van der Waals surface area contributed by atoms with Crippen molar-refractivity contribution in [3.63, 3.8) is 0 Å². The molecule has 10 nitrogen and oxygen atoms in total. The van der Waals surface area contributed by atoms with Gasteiger partial charge in [-0.2, -0.15) is 0 Å². The summed E-state index contributed by atoms with van der Waals surface area (Å²) in [5.41, 5.74) is 3.29. The third kappa shape index (κ3) is 6.54. The average molecular weight is 524 g/mol. The van der Waals surface area contributed by atoms with Gasteiger partial charge in [0.1, 0.15) is 5.75 Å². The second-order valence-corrected chi connectivity index (χ2v) is 9.63. The summed E-state index contributed by atoms with van der Waals surface area (Å²) in [6, 6.07) is 11.3. The molecule has 2 saturated heterocycles. The number of piperidine rings is 1. The molecule has 0 aliphatic carbocycles. The van der Waals surface area contributed by atoms with Crippen molar-refractivity contribution in [2.75, 3.05) is 53.0 Å². The highest BCUT2D eigenvalue weighted by Gasteiger charge is 2.31. The lowest BCUT2D eigenvalue weighted by molar-refractivity contribution is 0.0568. The maximum absolute atomic E-state index is 13.5. The van der Waals surface area contributed by atoms with E-state index in [4.69, 9.17) is 14.5 Å². The molecule has 0 bridgehead atoms. The van der Waals surface area contributed by atoms with Crippen LogP contribution in [0.3, 0.4) is 0 Å². The van der Waals surface area contributed by atoms with Gasteiger partial charge in [0.15, 0.2) is 0 Å². The van der Waals surface area contributed by atoms with Crippen LogP contribution >= 0.6 is 0 Å². The Labute approximate surface area is 223 Å². The first-order valence-corrected chi connectivity index (χ1v) is 13.2. The Morgan fingerprint density at radius 3 is 2.21 bits per heavy atom. The molecule has 2 aliphatic rings. The largest absolute Gasteiger partial charge is 0.497 e. The summed E-state index contributed by atoms with van der Waals surface area (Å²) in [4.78, 5) is 48.3. The first-order chi connectivity index (χ1) is 18.4. The fourth-order valence-electron chi connectivity index (χ4n) is 4.93. The van der Waals surface area contributed by atoms with Gasteiger partial charge in [0.05, 0.1) is 25.0 Å². The minimum atomic E-state index is -0.336. The third-order valence-corrected chi connectivity index (χ3v) is 7.16. The van der Waals surface area contributed by atoms with E-state index in [2.05, 4.69) is 5.32 Å². The fourth-order valence-corrected chi connectivity index (χ4v) is 4.93. The van der Waals surface area contributed by atoms with E-state index in [1.54, 1.807) is 23.8 Å². The molecule has 2 fully saturated rings. The second kappa shape index (κ2) is 12.6. The molecule has 2 aliphatic heterocycles. The number of aromatic nitrogens is 1. The van der Waals surface area contributed by atoms with Crippen LogP contribution in [0.25, 0.3) is 0 Å². The Balaban J connectivity index is 1.33. The van der Waals surface area contributed by atoms with Crippen molar-refractivity contribution in [3.8, 4) is 5.75 Å². The molecular formula is C28H37N5O5. The molecule has 1 aromatic carbocycles. The lowest BCUT2D eigenvalue weighted by atomic mass is 9.89. The van der Waals surface area contributed by atoms with Crippen LogP contribution in [0.15, 0.2) is 36.4 Å². The van der Waals surface area contributed by atoms with Crippen molar-refractivity contribution in [3.05, 3.63) is 58.9 Å². The summed E-state index contributed by atoms with van der Waals surface area (Å²) in [6.07, 6.45) is 1.14. The van der Waals surface area contributed by atoms with E-state index < -0.39 is 0 Å². The van der Waals surface area contributed by atoms with Gasteiger partial charge in [-0.05, 0) is 56.5 Å². The highest BCUT2D eigenvalue weighted by molar-refractivity contribution is 5.95. The van der Waals surface area contributed by atoms with E-state index in [9.17, 15) is 14.4 Å². The van der Waals surface area contributed by atoms with E-state index in [-0.39, 0.29) is 23.9 Å². The van der Waals surface area contributed by atoms with Crippen molar-refractivity contribution in [2.45, 2.75) is 39.2 Å². The molecule has 4 amide bonds. The number of aryl methyl sites for hydroxylation is 1. The minimum Gasteiger partial charge on any atom is -0.497 e. The van der Waals surface area contributed by atoms with Crippen LogP contribution in [0.5, 0.6) is 5.75 Å². The predicted molar refractivity (Wildman–Crippen MR) is 142 cm³/mol. The van der Waals surface area contributed by atoms with Gasteiger partial charge in [-0.1, -0.05) is 12.1 Å². The number of likely N-dealkylation sites (tertiary alicyclic amines) is 1. The lowest BCUT2D eigenvalue weighted by Crippen LogP contribution is -2.51. The molecule has 2 aromatic rings. The monoisotopic (exact) mass is 523 g/mol. The zero-order chi connectivity index (χ0) is 27.1. The van der Waals surface area contributed by atoms with Crippen LogP contribution in [-0.2, 0) is 11.3 Å². The predicted octanol–water partition coefficient (Wildman–Crippen LogP) is 3.40. The van der Waals surface area contributed by atoms with Crippen LogP contribution in [-0.4, -0.2) is 90.7 Å². The average Bonchev–Trinajstić information content (AvgIpc) is 2.96. The summed E-state index contributed by atoms with van der Waals surface area (Å²) in [5.74, 6) is 0.819. The van der Waals surface area contributed by atoms with Crippen molar-refractivity contribution in [1.29, 1.82) is 0 Å². The SMILES string of the molecule is CCOC(=O)N1CCN(C(=O)c2ccc(C)nc2C2CCN(C(=O)NCc3ccc(OC)cc3)CC2)CC1. The van der Waals surface area contributed by atoms with E-state index in [1.807, 2.05) is 48.2 Å². The van der Waals surface area contributed by atoms with Gasteiger partial charge >= 0.3 is 12.1 Å². The highest BCUT2D eigenvalue weighted by atomic mass is 16.6. The van der Waals surface area contributed by atoms with Gasteiger partial charge in [0.2, 0.25) is 0 Å². The van der Waals surface area contributed by atoms with Gasteiger partial charge < -0.3 is 29.5 Å². The van der Waals surface area contributed by atoms with Gasteiger partial charge in [0, 0.05) is 57.4 Å². The Hall–Kier alpha value is -3.82. The van der Waals surface area contributed by atoms with E-state index >= 15 is 0 Å². The number of piperazine rings is 1. The first kappa shape index (κ1) is 27.2. The number of methoxy groups -OCH3 is 1. The zero-order valence-electron chi connectivity index (χ0n) is 22.4. The van der Waals surface area contributed by atoms with Gasteiger partial charge in [-0.15, -0.1) is 0 Å². The number of carbonyl (C=O) groups is 3. The molecule has 3 heterocycles. The van der Waals surface area contributed by atoms with Crippen LogP contribution in [0, 0.1) is 6.92 Å². The van der Waals surface area contributed by atoms with E-state index in [0.29, 0.717) is 58.0 Å². The molecule has 10 heteroatoms. The Bertz CT molecular complexity index is 1120. The first-order valence-electron chi connectivity index (χ1n) is 13.2. The topological polar surface area (TPSA) is 104 Å². The second-order valence-electron chi connectivity index (χ2n) is 9.63. The normalized spacial score (nSPS) is 16.2. The van der Waals surface area contributed by atoms with Crippen molar-refractivity contribution < 1.29 is 23.9 Å². The summed E-state index contributed by atoms with van der Waals surface area (Å²) < 4.78 is 10.3. The van der Waals surface area contributed by atoms with Crippen LogP contribution < -0.4 is 10.1 Å². The summed E-state index contributed by atoms with van der Waals surface area (Å²) >= 11 is 0. The van der Waals surface area contributed by atoms with E-state index in [0.717, 1.165) is 35.5 Å². The molecule has 0 saturated carbocycles. The van der Waals surface area contributed by atoms with Gasteiger partial charge in [0.25, 0.3) is 5.91 Å². The number of urea groups is 1. The molecule has 1 N–H and O–H groups in total. The Morgan fingerprint density at radius 2 is 1.58 bits per heavy atom. The Morgan fingerprint density at radius 1 is 0.921 bits per heavy atom. The number of nitrogens with zero attached hydrogens (tertiary/aromatic N) is 4. The molecule has 1 aromatic heterocycles. The van der Waals surface area contributed by atoms with E-state index in [1.165, 1.54) is 0 Å². The van der Waals surface area contributed by atoms with Crippen molar-refractivity contribution >= 4 is 18.0 Å². The molecule has 4 rings (SSSR count). The summed E-state index contributed by atoms with van der Waals surface area (Å²) in [6.45, 7) is 7.49. The smallest absolute Gasteiger partial charge is 0.409 e. The molecule has 204 valence electrons. The number of carbonyl (C=O) groups excluding carboxylic acids is 3. The van der Waals surface area contributed by atoms with Crippen LogP contribution in [0.4, 0.5) is 9.59 Å². The third-order valence-electron chi connectivity index (χ3n) is 7.16. The van der Waals surface area contributed by atoms with Crippen LogP contribution in [0.2, 0.25) is 0 Å². The maximum Gasteiger partial charge on any atom is 0.409 e. The fraction of sp³-hybridized carbons (Fsp3) is 0.500. The molecule has 0 unspecified atom stereocenters. The number of hydrogen-bond donors (Lipinski definition) is 1. The maximum atomic E-state index is 13.5. The lowest BCUT2D eigenvalue weighted by Gasteiger charge is -2.35. The van der Waals surface area contributed by atoms with Crippen molar-refractivity contribution in [2.24, 2.45) is 0 Å². The number of hydrogen-bond acceptors (Lipinski definition) is 6. The van der Waals surface area contributed by atoms with Crippen LogP contribution in [0.1, 0.15) is 53.0 Å². The number of benzene rings is 1. The summed E-state index contributed by atoms with van der Waals surface area (Å²) in [5, 5.41) is 2.99. The highest BCUT2D eigenvalue weighted by Crippen LogP contribution is 2.30. The standard InChI is InChI=1S/C28H37N5O5/c1-4-38-28(36)33-17-15-31(16-18-33)26(34)24-10-5-20(2)30-25(24)22-11-13-32(14-12-22)27(35)29-19-21-6-8-23(37-3)9-7-21/h5-10,22H,4,11-19H2,1-3H3,(H,29,35). The number of pyridine rings is 1. The van der Waals surface area contributed by atoms with Gasteiger partial charge in [-0.3, -0.25) is 9.78 Å². The molecule has 0 spiro atoms. The number of ether oxygens (including phenoxy) is 2. The molecular weight excluding hydrogens is 486 g/mol. The summed E-state index contributed by atoms with van der Waals surface area (Å²) in [7, 11) is 1.63. The zero-order valence-corrected chi connectivity index (χ0v) is 22.4. The minimum absolute atomic E-state index is 0.0596. The number of nitrogens with one attached hydrogen (secondary N) is 1. The van der Waals surface area contributed by atoms with Gasteiger partial charge in [-0.25, -0.2) is 9.59 Å². The Kier molecular flexibility index (Phi) is 9.04. The molecule has 0 radical (unpaired) electrons. The van der Waals surface area contributed by atoms with Crippen molar-refractivity contribution in [1.82, 2.24) is 25.0 Å². The quantitative estimate of drug-likeness (QED) is 0.622. The molecule has 38 heavy (non-hydrogen) atoms. The number of amides is 4. The molecule has 0 atom stereocenters.